The molecule has 0 fully saturated rings. The third kappa shape index (κ3) is 10.6. The molecule has 0 aliphatic heterocycles. The predicted molar refractivity (Wildman–Crippen MR) is 91.5 cm³/mol. The van der Waals surface area contributed by atoms with Crippen molar-refractivity contribution in [3.8, 4) is 0 Å². The Bertz CT molecular complexity index is 522. The first-order chi connectivity index (χ1) is 10.2. The fourth-order valence-electron chi connectivity index (χ4n) is 1.50. The first-order valence-corrected chi connectivity index (χ1v) is 7.32. The third-order valence-electron chi connectivity index (χ3n) is 2.34. The van der Waals surface area contributed by atoms with Crippen LogP contribution in [0.3, 0.4) is 0 Å². The van der Waals surface area contributed by atoms with E-state index < -0.39 is 0 Å². The molecule has 0 unspecified atom stereocenters. The molecule has 22 heavy (non-hydrogen) atoms. The van der Waals surface area contributed by atoms with Crippen LogP contribution in [0, 0.1) is 33.1 Å². The van der Waals surface area contributed by atoms with E-state index in [-0.39, 0.29) is 0 Å². The minimum atomic E-state index is 0.667. The minimum absolute atomic E-state index is 0.667. The largest absolute Gasteiger partial charge is 0.310 e. The van der Waals surface area contributed by atoms with E-state index in [0.717, 1.165) is 29.5 Å². The summed E-state index contributed by atoms with van der Waals surface area (Å²) in [6.07, 6.45) is 4.74. The second kappa shape index (κ2) is 10.5. The van der Waals surface area contributed by atoms with Gasteiger partial charge in [-0.3, -0.25) is 0 Å². The molecule has 0 saturated carbocycles. The molecule has 0 atom stereocenters. The van der Waals surface area contributed by atoms with Crippen LogP contribution in [0.4, 0.5) is 0 Å². The SMILES string of the molecule is CC(C)=N.CCc1cnc(C)nc1.Cc1cc(C)nc(C)n1. The zero-order valence-corrected chi connectivity index (χ0v) is 14.7. The Balaban J connectivity index is 0.000000326. The van der Waals surface area contributed by atoms with Crippen molar-refractivity contribution in [2.24, 2.45) is 0 Å². The van der Waals surface area contributed by atoms with Crippen molar-refractivity contribution in [1.29, 1.82) is 5.41 Å². The second-order valence-corrected chi connectivity index (χ2v) is 5.19. The van der Waals surface area contributed by atoms with E-state index in [2.05, 4.69) is 26.9 Å². The van der Waals surface area contributed by atoms with E-state index >= 15 is 0 Å². The fourth-order valence-corrected chi connectivity index (χ4v) is 1.50. The molecule has 2 aromatic heterocycles. The number of nitrogens with one attached hydrogen (secondary N) is 1. The molecule has 5 nitrogen and oxygen atoms in total. The van der Waals surface area contributed by atoms with Gasteiger partial charge in [0, 0.05) is 29.5 Å². The summed E-state index contributed by atoms with van der Waals surface area (Å²) in [7, 11) is 0. The van der Waals surface area contributed by atoms with Gasteiger partial charge >= 0.3 is 0 Å². The Labute approximate surface area is 133 Å². The van der Waals surface area contributed by atoms with Crippen LogP contribution in [0.1, 0.15) is 49.4 Å². The molecule has 2 rings (SSSR count). The molecule has 0 aliphatic rings. The average molecular weight is 301 g/mol. The van der Waals surface area contributed by atoms with Crippen LogP contribution in [0.25, 0.3) is 0 Å². The number of hydrogen-bond acceptors (Lipinski definition) is 5. The van der Waals surface area contributed by atoms with Crippen molar-refractivity contribution < 1.29 is 0 Å². The lowest BCUT2D eigenvalue weighted by Crippen LogP contribution is -1.91. The fraction of sp³-hybridized carbons (Fsp3) is 0.471. The molecule has 1 N–H and O–H groups in total. The quantitative estimate of drug-likeness (QED) is 0.813. The summed E-state index contributed by atoms with van der Waals surface area (Å²) >= 11 is 0. The Hall–Kier alpha value is -2.17. The smallest absolute Gasteiger partial charge is 0.125 e. The summed E-state index contributed by atoms with van der Waals surface area (Å²) < 4.78 is 0. The molecule has 0 aromatic carbocycles. The maximum Gasteiger partial charge on any atom is 0.125 e. The highest BCUT2D eigenvalue weighted by Gasteiger charge is 1.90. The molecule has 0 amide bonds. The van der Waals surface area contributed by atoms with Gasteiger partial charge in [0.2, 0.25) is 0 Å². The standard InChI is InChI=1S/2C7H10N2.C3H7N/c1-5-4-6(2)9-7(3)8-5;1-3-7-4-8-6(2)9-5-7;1-3(2)4/h4H,1-3H3;4-5H,3H2,1-2H3;4H,1-2H3. The maximum atomic E-state index is 6.50. The van der Waals surface area contributed by atoms with E-state index in [1.807, 2.05) is 46.2 Å². The zero-order valence-electron chi connectivity index (χ0n) is 14.7. The summed E-state index contributed by atoms with van der Waals surface area (Å²) in [6.45, 7) is 13.3. The Morgan fingerprint density at radius 2 is 1.32 bits per heavy atom. The van der Waals surface area contributed by atoms with Crippen LogP contribution in [0.2, 0.25) is 0 Å². The van der Waals surface area contributed by atoms with E-state index in [0.29, 0.717) is 5.71 Å². The normalized spacial score (nSPS) is 9.05. The minimum Gasteiger partial charge on any atom is -0.310 e. The van der Waals surface area contributed by atoms with Crippen LogP contribution in [-0.4, -0.2) is 25.6 Å². The van der Waals surface area contributed by atoms with E-state index in [4.69, 9.17) is 5.41 Å². The molecule has 2 aromatic rings. The van der Waals surface area contributed by atoms with Crippen molar-refractivity contribution in [2.75, 3.05) is 0 Å². The highest BCUT2D eigenvalue weighted by atomic mass is 14.9. The van der Waals surface area contributed by atoms with E-state index in [9.17, 15) is 0 Å². The van der Waals surface area contributed by atoms with Crippen LogP contribution in [0.5, 0.6) is 0 Å². The predicted octanol–water partition coefficient (Wildman–Crippen LogP) is 3.80. The van der Waals surface area contributed by atoms with E-state index in [1.54, 1.807) is 13.8 Å². The summed E-state index contributed by atoms with van der Waals surface area (Å²) in [5.41, 5.74) is 3.94. The number of rotatable bonds is 1. The number of aryl methyl sites for hydroxylation is 5. The van der Waals surface area contributed by atoms with Gasteiger partial charge < -0.3 is 5.41 Å². The van der Waals surface area contributed by atoms with Crippen LogP contribution < -0.4 is 0 Å². The van der Waals surface area contributed by atoms with Crippen molar-refractivity contribution in [3.05, 3.63) is 47.1 Å². The third-order valence-corrected chi connectivity index (χ3v) is 2.34. The topological polar surface area (TPSA) is 75.4 Å². The molecule has 0 saturated heterocycles. The van der Waals surface area contributed by atoms with Gasteiger partial charge in [0.1, 0.15) is 11.6 Å². The lowest BCUT2D eigenvalue weighted by atomic mass is 10.3. The van der Waals surface area contributed by atoms with Crippen molar-refractivity contribution in [1.82, 2.24) is 19.9 Å². The number of nitrogens with zero attached hydrogens (tertiary/aromatic N) is 4. The van der Waals surface area contributed by atoms with Crippen LogP contribution in [-0.2, 0) is 6.42 Å². The highest BCUT2D eigenvalue weighted by Crippen LogP contribution is 1.96. The van der Waals surface area contributed by atoms with Gasteiger partial charge in [0.25, 0.3) is 0 Å². The van der Waals surface area contributed by atoms with Crippen molar-refractivity contribution >= 4 is 5.71 Å². The van der Waals surface area contributed by atoms with Gasteiger partial charge in [0.05, 0.1) is 0 Å². The monoisotopic (exact) mass is 301 g/mol. The molecule has 120 valence electrons. The lowest BCUT2D eigenvalue weighted by molar-refractivity contribution is 0.976. The first-order valence-electron chi connectivity index (χ1n) is 7.32. The molecular formula is C17H27N5. The highest BCUT2D eigenvalue weighted by molar-refractivity contribution is 5.75. The van der Waals surface area contributed by atoms with Crippen molar-refractivity contribution in [3.63, 3.8) is 0 Å². The Morgan fingerprint density at radius 3 is 1.64 bits per heavy atom. The van der Waals surface area contributed by atoms with Crippen LogP contribution in [0.15, 0.2) is 18.5 Å². The maximum absolute atomic E-state index is 6.50. The molecule has 0 radical (unpaired) electrons. The van der Waals surface area contributed by atoms with E-state index in [1.165, 1.54) is 5.56 Å². The zero-order chi connectivity index (χ0) is 17.1. The second-order valence-electron chi connectivity index (χ2n) is 5.19. The van der Waals surface area contributed by atoms with Gasteiger partial charge in [-0.2, -0.15) is 0 Å². The van der Waals surface area contributed by atoms with Gasteiger partial charge in [0.15, 0.2) is 0 Å². The van der Waals surface area contributed by atoms with Gasteiger partial charge in [-0.1, -0.05) is 6.92 Å². The summed E-state index contributed by atoms with van der Waals surface area (Å²) in [6, 6.07) is 1.97. The number of aromatic nitrogens is 4. The first kappa shape index (κ1) is 19.8. The van der Waals surface area contributed by atoms with Gasteiger partial charge in [-0.25, -0.2) is 19.9 Å². The molecule has 5 heteroatoms. The summed E-state index contributed by atoms with van der Waals surface area (Å²) in [5, 5.41) is 6.50. The molecule has 0 spiro atoms. The van der Waals surface area contributed by atoms with Gasteiger partial charge in [-0.15, -0.1) is 0 Å². The average Bonchev–Trinajstić information content (AvgIpc) is 2.38. The van der Waals surface area contributed by atoms with Crippen molar-refractivity contribution in [2.45, 2.75) is 54.9 Å². The van der Waals surface area contributed by atoms with Crippen LogP contribution >= 0.6 is 0 Å². The Morgan fingerprint density at radius 1 is 0.909 bits per heavy atom. The lowest BCUT2D eigenvalue weighted by Gasteiger charge is -1.95. The Kier molecular flexibility index (Phi) is 9.50. The molecular weight excluding hydrogens is 274 g/mol. The molecule has 2 heterocycles. The summed E-state index contributed by atoms with van der Waals surface area (Å²) in [5.74, 6) is 1.69. The number of hydrogen-bond donors (Lipinski definition) is 1. The molecule has 0 aliphatic carbocycles. The summed E-state index contributed by atoms with van der Waals surface area (Å²) in [4.78, 5) is 16.3. The molecule has 0 bridgehead atoms. The van der Waals surface area contributed by atoms with Gasteiger partial charge in [-0.05, 0) is 59.6 Å².